The Balaban J connectivity index is 2.60. The fraction of sp³-hybridized carbons (Fsp3) is 0.400. The van der Waals surface area contributed by atoms with Crippen molar-refractivity contribution in [1.82, 2.24) is 5.32 Å². The molecule has 0 atom stereocenters. The number of nitrogens with one attached hydrogen (secondary N) is 1. The molecule has 0 unspecified atom stereocenters. The van der Waals surface area contributed by atoms with Crippen molar-refractivity contribution < 1.29 is 5.11 Å². The molecule has 1 aromatic rings. The predicted octanol–water partition coefficient (Wildman–Crippen LogP) is 3.15. The van der Waals surface area contributed by atoms with Gasteiger partial charge in [0.05, 0.1) is 5.02 Å². The van der Waals surface area contributed by atoms with Gasteiger partial charge in [-0.05, 0) is 18.4 Å². The van der Waals surface area contributed by atoms with Gasteiger partial charge in [0, 0.05) is 29.4 Å². The van der Waals surface area contributed by atoms with Gasteiger partial charge in [0.15, 0.2) is 0 Å². The maximum Gasteiger partial charge on any atom is 0.138 e. The molecular formula is C10H13Cl2NOS. The highest BCUT2D eigenvalue weighted by molar-refractivity contribution is 7.98. The van der Waals surface area contributed by atoms with E-state index in [-0.39, 0.29) is 5.75 Å². The number of halogens is 2. The molecule has 2 nitrogen and oxygen atoms in total. The summed E-state index contributed by atoms with van der Waals surface area (Å²) in [5.41, 5.74) is 0.730. The van der Waals surface area contributed by atoms with Crippen LogP contribution in [0.2, 0.25) is 10.0 Å². The van der Waals surface area contributed by atoms with Gasteiger partial charge in [0.2, 0.25) is 0 Å². The topological polar surface area (TPSA) is 32.3 Å². The third kappa shape index (κ3) is 4.11. The van der Waals surface area contributed by atoms with E-state index in [1.807, 2.05) is 0 Å². The van der Waals surface area contributed by atoms with Gasteiger partial charge in [-0.3, -0.25) is 0 Å². The van der Waals surface area contributed by atoms with E-state index in [0.29, 0.717) is 16.6 Å². The molecule has 0 aliphatic heterocycles. The van der Waals surface area contributed by atoms with Gasteiger partial charge < -0.3 is 10.4 Å². The quantitative estimate of drug-likeness (QED) is 0.803. The van der Waals surface area contributed by atoms with Gasteiger partial charge in [-0.25, -0.2) is 0 Å². The van der Waals surface area contributed by atoms with Gasteiger partial charge in [-0.15, -0.1) is 0 Å². The van der Waals surface area contributed by atoms with Crippen molar-refractivity contribution in [3.63, 3.8) is 0 Å². The van der Waals surface area contributed by atoms with Gasteiger partial charge in [0.1, 0.15) is 5.75 Å². The molecule has 0 saturated carbocycles. The standard InChI is InChI=1S/C10H13Cl2NOS/c1-15-3-2-13-6-7-4-8(11)5-9(12)10(7)14/h4-5,13-14H,2-3,6H2,1H3. The normalized spacial score (nSPS) is 10.6. The lowest BCUT2D eigenvalue weighted by Crippen LogP contribution is -2.16. The number of benzene rings is 1. The molecule has 0 aliphatic carbocycles. The summed E-state index contributed by atoms with van der Waals surface area (Å²) in [7, 11) is 0. The summed E-state index contributed by atoms with van der Waals surface area (Å²) in [5.74, 6) is 1.15. The van der Waals surface area contributed by atoms with Crippen LogP contribution in [0.3, 0.4) is 0 Å². The van der Waals surface area contributed by atoms with Crippen LogP contribution in [0.15, 0.2) is 12.1 Å². The number of hydrogen-bond acceptors (Lipinski definition) is 3. The Hall–Kier alpha value is -0.0900. The number of thioether (sulfide) groups is 1. The van der Waals surface area contributed by atoms with E-state index >= 15 is 0 Å². The Labute approximate surface area is 104 Å². The van der Waals surface area contributed by atoms with Crippen molar-refractivity contribution in [2.75, 3.05) is 18.6 Å². The number of aromatic hydroxyl groups is 1. The van der Waals surface area contributed by atoms with Crippen molar-refractivity contribution in [3.8, 4) is 5.75 Å². The van der Waals surface area contributed by atoms with Crippen molar-refractivity contribution in [2.24, 2.45) is 0 Å². The molecule has 0 aromatic heterocycles. The number of phenols is 1. The zero-order valence-corrected chi connectivity index (χ0v) is 10.7. The monoisotopic (exact) mass is 265 g/mol. The third-order valence-electron chi connectivity index (χ3n) is 1.91. The zero-order valence-electron chi connectivity index (χ0n) is 8.39. The smallest absolute Gasteiger partial charge is 0.138 e. The van der Waals surface area contributed by atoms with E-state index in [4.69, 9.17) is 23.2 Å². The van der Waals surface area contributed by atoms with E-state index in [2.05, 4.69) is 11.6 Å². The fourth-order valence-corrected chi connectivity index (χ4v) is 2.04. The Morgan fingerprint density at radius 3 is 2.80 bits per heavy atom. The van der Waals surface area contributed by atoms with Crippen LogP contribution in [0.25, 0.3) is 0 Å². The van der Waals surface area contributed by atoms with Crippen molar-refractivity contribution in [2.45, 2.75) is 6.54 Å². The molecule has 2 N–H and O–H groups in total. The molecule has 0 bridgehead atoms. The molecule has 1 rings (SSSR count). The number of phenolic OH excluding ortho intramolecular Hbond substituents is 1. The zero-order chi connectivity index (χ0) is 11.3. The second-order valence-electron chi connectivity index (χ2n) is 3.06. The van der Waals surface area contributed by atoms with Crippen molar-refractivity contribution >= 4 is 35.0 Å². The van der Waals surface area contributed by atoms with Crippen LogP contribution in [0, 0.1) is 0 Å². The summed E-state index contributed by atoms with van der Waals surface area (Å²) < 4.78 is 0. The van der Waals surface area contributed by atoms with Crippen LogP contribution in [0.5, 0.6) is 5.75 Å². The molecule has 84 valence electrons. The second-order valence-corrected chi connectivity index (χ2v) is 4.89. The molecule has 0 amide bonds. The van der Waals surface area contributed by atoms with Crippen LogP contribution < -0.4 is 5.32 Å². The Kier molecular flexibility index (Phi) is 5.61. The van der Waals surface area contributed by atoms with Gasteiger partial charge >= 0.3 is 0 Å². The fourth-order valence-electron chi connectivity index (χ4n) is 1.15. The summed E-state index contributed by atoms with van der Waals surface area (Å²) in [4.78, 5) is 0. The van der Waals surface area contributed by atoms with E-state index < -0.39 is 0 Å². The lowest BCUT2D eigenvalue weighted by molar-refractivity contribution is 0.465. The SMILES string of the molecule is CSCCNCc1cc(Cl)cc(Cl)c1O. The molecule has 0 saturated heterocycles. The van der Waals surface area contributed by atoms with Crippen LogP contribution in [0.4, 0.5) is 0 Å². The number of hydrogen-bond donors (Lipinski definition) is 2. The highest BCUT2D eigenvalue weighted by Crippen LogP contribution is 2.30. The minimum atomic E-state index is 0.109. The molecule has 0 fully saturated rings. The first kappa shape index (κ1) is 13.0. The Bertz CT molecular complexity index is 333. The summed E-state index contributed by atoms with van der Waals surface area (Å²) >= 11 is 13.4. The van der Waals surface area contributed by atoms with Crippen LogP contribution in [0.1, 0.15) is 5.56 Å². The molecule has 0 heterocycles. The van der Waals surface area contributed by atoms with Crippen molar-refractivity contribution in [1.29, 1.82) is 0 Å². The largest absolute Gasteiger partial charge is 0.506 e. The lowest BCUT2D eigenvalue weighted by Gasteiger charge is -2.08. The lowest BCUT2D eigenvalue weighted by atomic mass is 10.2. The van der Waals surface area contributed by atoms with Crippen LogP contribution >= 0.6 is 35.0 Å². The molecule has 0 spiro atoms. The first-order valence-electron chi connectivity index (χ1n) is 4.51. The third-order valence-corrected chi connectivity index (χ3v) is 3.02. The van der Waals surface area contributed by atoms with Crippen LogP contribution in [-0.2, 0) is 6.54 Å². The second kappa shape index (κ2) is 6.48. The Morgan fingerprint density at radius 2 is 2.13 bits per heavy atom. The van der Waals surface area contributed by atoms with E-state index in [1.165, 1.54) is 6.07 Å². The molecule has 15 heavy (non-hydrogen) atoms. The summed E-state index contributed by atoms with van der Waals surface area (Å²) in [5, 5.41) is 13.7. The van der Waals surface area contributed by atoms with Gasteiger partial charge in [-0.2, -0.15) is 11.8 Å². The average Bonchev–Trinajstić information content (AvgIpc) is 2.19. The van der Waals surface area contributed by atoms with E-state index in [9.17, 15) is 5.11 Å². The van der Waals surface area contributed by atoms with Crippen molar-refractivity contribution in [3.05, 3.63) is 27.7 Å². The maximum atomic E-state index is 9.64. The van der Waals surface area contributed by atoms with E-state index in [0.717, 1.165) is 17.9 Å². The minimum Gasteiger partial charge on any atom is -0.506 e. The first-order valence-corrected chi connectivity index (χ1v) is 6.66. The van der Waals surface area contributed by atoms with Gasteiger partial charge in [0.25, 0.3) is 0 Å². The Morgan fingerprint density at radius 1 is 1.40 bits per heavy atom. The minimum absolute atomic E-state index is 0.109. The molecule has 5 heteroatoms. The highest BCUT2D eigenvalue weighted by Gasteiger charge is 2.06. The number of rotatable bonds is 5. The molecule has 1 aromatic carbocycles. The average molecular weight is 266 g/mol. The highest BCUT2D eigenvalue weighted by atomic mass is 35.5. The summed E-state index contributed by atoms with van der Waals surface area (Å²) in [6.07, 6.45) is 2.05. The van der Waals surface area contributed by atoms with E-state index in [1.54, 1.807) is 17.8 Å². The summed E-state index contributed by atoms with van der Waals surface area (Å²) in [6, 6.07) is 3.25. The molecule has 0 radical (unpaired) electrons. The summed E-state index contributed by atoms with van der Waals surface area (Å²) in [6.45, 7) is 1.47. The maximum absolute atomic E-state index is 9.64. The van der Waals surface area contributed by atoms with Crippen LogP contribution in [-0.4, -0.2) is 23.7 Å². The van der Waals surface area contributed by atoms with Gasteiger partial charge in [-0.1, -0.05) is 23.2 Å². The molecular weight excluding hydrogens is 253 g/mol. The predicted molar refractivity (Wildman–Crippen MR) is 68.2 cm³/mol. The molecule has 0 aliphatic rings. The first-order chi connectivity index (χ1) is 7.15.